The molecular weight excluding hydrogens is 527 g/mol. The molecule has 5 aromatic rings. The van der Waals surface area contributed by atoms with Crippen LogP contribution in [0.2, 0.25) is 5.02 Å². The van der Waals surface area contributed by atoms with E-state index in [-0.39, 0.29) is 6.61 Å². The Hall–Kier alpha value is -4.30. The lowest BCUT2D eigenvalue weighted by molar-refractivity contribution is -0.137. The Bertz CT molecular complexity index is 1640. The molecular formula is C30H23ClF3N3O2. The van der Waals surface area contributed by atoms with Crippen LogP contribution in [0.4, 0.5) is 13.2 Å². The molecule has 0 amide bonds. The van der Waals surface area contributed by atoms with Crippen molar-refractivity contribution in [3.05, 3.63) is 113 Å². The first-order valence-electron chi connectivity index (χ1n) is 12.1. The molecule has 0 fully saturated rings. The van der Waals surface area contributed by atoms with Crippen molar-refractivity contribution in [2.45, 2.75) is 20.0 Å². The molecule has 3 aromatic carbocycles. The van der Waals surface area contributed by atoms with E-state index in [1.165, 1.54) is 12.4 Å². The highest BCUT2D eigenvalue weighted by Crippen LogP contribution is 2.33. The molecule has 0 atom stereocenters. The first-order valence-corrected chi connectivity index (χ1v) is 12.5. The number of halogens is 4. The number of hydrogen-bond acceptors (Lipinski definition) is 3. The number of ether oxygens (including phenoxy) is 1. The van der Waals surface area contributed by atoms with Crippen LogP contribution in [0, 0.1) is 6.92 Å². The fourth-order valence-corrected chi connectivity index (χ4v) is 4.55. The van der Waals surface area contributed by atoms with E-state index in [4.69, 9.17) is 16.3 Å². The van der Waals surface area contributed by atoms with Gasteiger partial charge >= 0.3 is 12.1 Å². The summed E-state index contributed by atoms with van der Waals surface area (Å²) in [6, 6.07) is 21.8. The fraction of sp³-hybridized carbons (Fsp3) is 0.133. The first kappa shape index (κ1) is 26.3. The van der Waals surface area contributed by atoms with Crippen LogP contribution < -0.4 is 0 Å². The fourth-order valence-electron chi connectivity index (χ4n) is 4.43. The summed E-state index contributed by atoms with van der Waals surface area (Å²) in [4.78, 5) is 17.0. The molecule has 0 unspecified atom stereocenters. The van der Waals surface area contributed by atoms with Gasteiger partial charge in [-0.3, -0.25) is 0 Å². The van der Waals surface area contributed by atoms with Gasteiger partial charge < -0.3 is 13.9 Å². The van der Waals surface area contributed by atoms with E-state index in [9.17, 15) is 18.0 Å². The molecule has 0 aliphatic carbocycles. The van der Waals surface area contributed by atoms with Crippen LogP contribution in [-0.2, 0) is 10.9 Å². The van der Waals surface area contributed by atoms with Gasteiger partial charge in [0.1, 0.15) is 0 Å². The van der Waals surface area contributed by atoms with Crippen LogP contribution in [0.15, 0.2) is 91.4 Å². The molecule has 2 aromatic heterocycles. The summed E-state index contributed by atoms with van der Waals surface area (Å²) in [5.74, 6) is -0.402. The highest BCUT2D eigenvalue weighted by Gasteiger charge is 2.30. The maximum Gasteiger partial charge on any atom is 0.416 e. The van der Waals surface area contributed by atoms with Crippen LogP contribution in [-0.4, -0.2) is 26.7 Å². The lowest BCUT2D eigenvalue weighted by Gasteiger charge is -2.13. The van der Waals surface area contributed by atoms with Crippen LogP contribution in [0.3, 0.4) is 0 Å². The number of esters is 1. The molecule has 0 saturated carbocycles. The second-order valence-corrected chi connectivity index (χ2v) is 9.29. The van der Waals surface area contributed by atoms with Gasteiger partial charge in [-0.1, -0.05) is 41.9 Å². The number of hydrogen-bond donors (Lipinski definition) is 0. The minimum Gasteiger partial charge on any atom is -0.462 e. The molecule has 0 aliphatic rings. The largest absolute Gasteiger partial charge is 0.462 e. The predicted octanol–water partition coefficient (Wildman–Crippen LogP) is 8.15. The first-order chi connectivity index (χ1) is 18.7. The standard InChI is InChI=1S/C30H23ClF3N3O2/c1-3-39-29(38)26-16-28(21-7-11-23(31)12-8-21)37(19(26)2)24-13-9-20(10-14-24)27-17-36(18-35-27)25-6-4-5-22(15-25)30(32,33)34/h4-18H,3H2,1-2H3. The molecule has 39 heavy (non-hydrogen) atoms. The van der Waals surface area contributed by atoms with Crippen molar-refractivity contribution in [1.82, 2.24) is 14.1 Å². The lowest BCUT2D eigenvalue weighted by Crippen LogP contribution is -2.06. The second kappa shape index (κ2) is 10.5. The number of carbonyl (C=O) groups excluding carboxylic acids is 1. The van der Waals surface area contributed by atoms with Crippen LogP contribution in [0.25, 0.3) is 33.9 Å². The topological polar surface area (TPSA) is 49.0 Å². The number of aromatic nitrogens is 3. The highest BCUT2D eigenvalue weighted by atomic mass is 35.5. The number of rotatable bonds is 6. The van der Waals surface area contributed by atoms with Crippen molar-refractivity contribution in [3.8, 4) is 33.9 Å². The molecule has 9 heteroatoms. The summed E-state index contributed by atoms with van der Waals surface area (Å²) < 4.78 is 48.2. The normalized spacial score (nSPS) is 11.5. The third-order valence-corrected chi connectivity index (χ3v) is 6.61. The molecule has 5 rings (SSSR count). The molecule has 198 valence electrons. The molecule has 0 saturated heterocycles. The van der Waals surface area contributed by atoms with E-state index >= 15 is 0 Å². The van der Waals surface area contributed by atoms with Crippen molar-refractivity contribution in [1.29, 1.82) is 0 Å². The number of alkyl halides is 3. The maximum atomic E-state index is 13.1. The third-order valence-electron chi connectivity index (χ3n) is 6.36. The Morgan fingerprint density at radius 2 is 1.64 bits per heavy atom. The molecule has 0 N–H and O–H groups in total. The zero-order valence-corrected chi connectivity index (χ0v) is 21.8. The monoisotopic (exact) mass is 549 g/mol. The maximum absolute atomic E-state index is 13.1. The summed E-state index contributed by atoms with van der Waals surface area (Å²) in [6.45, 7) is 3.88. The molecule has 0 bridgehead atoms. The van der Waals surface area contributed by atoms with Gasteiger partial charge in [-0.15, -0.1) is 0 Å². The third kappa shape index (κ3) is 5.33. The van der Waals surface area contributed by atoms with Crippen molar-refractivity contribution >= 4 is 17.6 Å². The average molecular weight is 550 g/mol. The van der Waals surface area contributed by atoms with Crippen LogP contribution in [0.1, 0.15) is 28.5 Å². The highest BCUT2D eigenvalue weighted by molar-refractivity contribution is 6.30. The predicted molar refractivity (Wildman–Crippen MR) is 144 cm³/mol. The quantitative estimate of drug-likeness (QED) is 0.201. The smallest absolute Gasteiger partial charge is 0.416 e. The minimum absolute atomic E-state index is 0.265. The Morgan fingerprint density at radius 1 is 0.949 bits per heavy atom. The molecule has 2 heterocycles. The van der Waals surface area contributed by atoms with Gasteiger partial charge in [0.2, 0.25) is 0 Å². The van der Waals surface area contributed by atoms with E-state index in [2.05, 4.69) is 4.98 Å². The van der Waals surface area contributed by atoms with E-state index in [0.717, 1.165) is 40.3 Å². The van der Waals surface area contributed by atoms with Crippen molar-refractivity contribution < 1.29 is 22.7 Å². The molecule has 0 aliphatic heterocycles. The van der Waals surface area contributed by atoms with E-state index < -0.39 is 17.7 Å². The van der Waals surface area contributed by atoms with Gasteiger partial charge in [0.05, 0.1) is 35.4 Å². The minimum atomic E-state index is -4.43. The van der Waals surface area contributed by atoms with E-state index in [1.807, 2.05) is 47.9 Å². The van der Waals surface area contributed by atoms with E-state index in [0.29, 0.717) is 22.0 Å². The Balaban J connectivity index is 1.50. The van der Waals surface area contributed by atoms with Gasteiger partial charge in [0.15, 0.2) is 0 Å². The number of imidazole rings is 1. The number of benzene rings is 3. The van der Waals surface area contributed by atoms with Crippen molar-refractivity contribution in [2.75, 3.05) is 6.61 Å². The second-order valence-electron chi connectivity index (χ2n) is 8.85. The van der Waals surface area contributed by atoms with E-state index in [1.54, 1.807) is 42.0 Å². The van der Waals surface area contributed by atoms with Gasteiger partial charge in [0, 0.05) is 33.9 Å². The Kier molecular flexibility index (Phi) is 7.06. The van der Waals surface area contributed by atoms with Gasteiger partial charge in [-0.05, 0) is 67.9 Å². The summed E-state index contributed by atoms with van der Waals surface area (Å²) in [5, 5.41) is 0.605. The zero-order chi connectivity index (χ0) is 27.7. The van der Waals surface area contributed by atoms with Crippen molar-refractivity contribution in [3.63, 3.8) is 0 Å². The van der Waals surface area contributed by atoms with Gasteiger partial charge in [0.25, 0.3) is 0 Å². The van der Waals surface area contributed by atoms with Gasteiger partial charge in [-0.25, -0.2) is 9.78 Å². The summed E-state index contributed by atoms with van der Waals surface area (Å²) >= 11 is 6.09. The number of carbonyl (C=O) groups is 1. The number of nitrogens with zero attached hydrogens (tertiary/aromatic N) is 3. The van der Waals surface area contributed by atoms with Crippen LogP contribution in [0.5, 0.6) is 0 Å². The zero-order valence-electron chi connectivity index (χ0n) is 21.0. The summed E-state index contributed by atoms with van der Waals surface area (Å²) in [5.41, 5.74) is 4.71. The SMILES string of the molecule is CCOC(=O)c1cc(-c2ccc(Cl)cc2)n(-c2ccc(-c3cn(-c4cccc(C(F)(F)F)c4)cn3)cc2)c1C. The molecule has 5 nitrogen and oxygen atoms in total. The van der Waals surface area contributed by atoms with Crippen LogP contribution >= 0.6 is 11.6 Å². The molecule has 0 radical (unpaired) electrons. The summed E-state index contributed by atoms with van der Waals surface area (Å²) in [7, 11) is 0. The average Bonchev–Trinajstić information content (AvgIpc) is 3.54. The summed E-state index contributed by atoms with van der Waals surface area (Å²) in [6.07, 6.45) is -1.26. The Labute approximate surface area is 228 Å². The Morgan fingerprint density at radius 3 is 2.31 bits per heavy atom. The van der Waals surface area contributed by atoms with Crippen molar-refractivity contribution in [2.24, 2.45) is 0 Å². The van der Waals surface area contributed by atoms with Gasteiger partial charge in [-0.2, -0.15) is 13.2 Å². The lowest BCUT2D eigenvalue weighted by atomic mass is 10.1. The molecule has 0 spiro atoms.